The Morgan fingerprint density at radius 3 is 2.38 bits per heavy atom. The highest BCUT2D eigenvalue weighted by Gasteiger charge is 2.11. The summed E-state index contributed by atoms with van der Waals surface area (Å²) in [5, 5.41) is 13.1. The maximum Gasteiger partial charge on any atom is 0.269 e. The number of nitro groups is 1. The number of nitro benzene ring substituents is 1. The van der Waals surface area contributed by atoms with Gasteiger partial charge in [-0.3, -0.25) is 10.1 Å². The fourth-order valence-corrected chi connectivity index (χ4v) is 4.35. The second-order valence-corrected chi connectivity index (χ2v) is 7.97. The molecule has 0 aliphatic heterocycles. The number of ether oxygens (including phenoxy) is 1. The summed E-state index contributed by atoms with van der Waals surface area (Å²) >= 11 is 1.56. The predicted octanol–water partition coefficient (Wildman–Crippen LogP) is 6.00. The fourth-order valence-electron chi connectivity index (χ4n) is 3.40. The molecule has 3 aromatic carbocycles. The lowest BCUT2D eigenvalue weighted by Gasteiger charge is -2.10. The van der Waals surface area contributed by atoms with Crippen LogP contribution in [-0.4, -0.2) is 16.1 Å². The van der Waals surface area contributed by atoms with Gasteiger partial charge < -0.3 is 9.30 Å². The number of aromatic nitrogens is 1. The first-order valence-corrected chi connectivity index (χ1v) is 11.3. The van der Waals surface area contributed by atoms with Crippen molar-refractivity contribution in [2.75, 3.05) is 6.61 Å². The SMILES string of the molecule is CCOc1ccc(N=c2scc(-c3ccc([N+](=O)[O-])cc3)n2CCc2ccccc2)cc1. The highest BCUT2D eigenvalue weighted by atomic mass is 32.1. The van der Waals surface area contributed by atoms with Crippen LogP contribution < -0.4 is 9.54 Å². The van der Waals surface area contributed by atoms with E-state index in [0.29, 0.717) is 6.61 Å². The molecule has 0 atom stereocenters. The van der Waals surface area contributed by atoms with E-state index in [4.69, 9.17) is 9.73 Å². The maximum atomic E-state index is 11.0. The van der Waals surface area contributed by atoms with Gasteiger partial charge in [-0.25, -0.2) is 4.99 Å². The average Bonchev–Trinajstić information content (AvgIpc) is 3.22. The van der Waals surface area contributed by atoms with Crippen LogP contribution in [-0.2, 0) is 13.0 Å². The van der Waals surface area contributed by atoms with Gasteiger partial charge in [0, 0.05) is 24.1 Å². The highest BCUT2D eigenvalue weighted by Crippen LogP contribution is 2.24. The Balaban J connectivity index is 1.71. The molecule has 0 aliphatic rings. The molecule has 4 rings (SSSR count). The molecule has 32 heavy (non-hydrogen) atoms. The molecule has 0 saturated carbocycles. The van der Waals surface area contributed by atoms with Crippen LogP contribution in [0.1, 0.15) is 12.5 Å². The van der Waals surface area contributed by atoms with E-state index in [9.17, 15) is 10.1 Å². The van der Waals surface area contributed by atoms with E-state index in [1.54, 1.807) is 23.5 Å². The zero-order valence-electron chi connectivity index (χ0n) is 17.7. The molecule has 0 unspecified atom stereocenters. The van der Waals surface area contributed by atoms with Gasteiger partial charge in [0.25, 0.3) is 5.69 Å². The number of benzene rings is 3. The summed E-state index contributed by atoms with van der Waals surface area (Å²) in [5.41, 5.74) is 4.09. The molecular weight excluding hydrogens is 422 g/mol. The first kappa shape index (κ1) is 21.5. The van der Waals surface area contributed by atoms with Crippen molar-refractivity contribution in [3.05, 3.63) is 105 Å². The zero-order valence-corrected chi connectivity index (χ0v) is 18.5. The van der Waals surface area contributed by atoms with Crippen LogP contribution in [0.25, 0.3) is 11.3 Å². The second kappa shape index (κ2) is 10.1. The summed E-state index contributed by atoms with van der Waals surface area (Å²) in [6.07, 6.45) is 0.855. The van der Waals surface area contributed by atoms with Gasteiger partial charge >= 0.3 is 0 Å². The van der Waals surface area contributed by atoms with Crippen LogP contribution in [0, 0.1) is 10.1 Å². The lowest BCUT2D eigenvalue weighted by atomic mass is 10.1. The Hall–Kier alpha value is -3.71. The molecule has 1 heterocycles. The van der Waals surface area contributed by atoms with Gasteiger partial charge in [-0.15, -0.1) is 11.3 Å². The summed E-state index contributed by atoms with van der Waals surface area (Å²) in [6.45, 7) is 3.33. The predicted molar refractivity (Wildman–Crippen MR) is 127 cm³/mol. The van der Waals surface area contributed by atoms with Crippen LogP contribution in [0.2, 0.25) is 0 Å². The molecule has 7 heteroatoms. The Bertz CT molecular complexity index is 1240. The second-order valence-electron chi connectivity index (χ2n) is 7.13. The minimum absolute atomic E-state index is 0.0825. The molecular formula is C25H23N3O3S. The third-order valence-electron chi connectivity index (χ3n) is 5.01. The first-order valence-electron chi connectivity index (χ1n) is 10.4. The van der Waals surface area contributed by atoms with Crippen molar-refractivity contribution in [1.29, 1.82) is 0 Å². The van der Waals surface area contributed by atoms with E-state index >= 15 is 0 Å². The topological polar surface area (TPSA) is 69.7 Å². The molecule has 0 spiro atoms. The molecule has 0 bridgehead atoms. The average molecular weight is 446 g/mol. The molecule has 1 aromatic heterocycles. The standard InChI is InChI=1S/C25H23N3O3S/c1-2-31-23-14-10-21(11-15-23)26-25-27(17-16-19-6-4-3-5-7-19)24(18-32-25)20-8-12-22(13-9-20)28(29)30/h3-15,18H,2,16-17H2,1H3. The van der Waals surface area contributed by atoms with E-state index in [1.807, 2.05) is 49.4 Å². The van der Waals surface area contributed by atoms with Crippen molar-refractivity contribution in [2.45, 2.75) is 19.9 Å². The number of rotatable bonds is 8. The molecule has 0 saturated heterocycles. The molecule has 6 nitrogen and oxygen atoms in total. The van der Waals surface area contributed by atoms with E-state index in [2.05, 4.69) is 22.1 Å². The number of non-ortho nitro benzene ring substituents is 1. The van der Waals surface area contributed by atoms with Gasteiger partial charge in [-0.2, -0.15) is 0 Å². The normalized spacial score (nSPS) is 11.5. The monoisotopic (exact) mass is 445 g/mol. The first-order chi connectivity index (χ1) is 15.6. The van der Waals surface area contributed by atoms with Gasteiger partial charge in [0.1, 0.15) is 5.75 Å². The Labute approximate surface area is 190 Å². The third kappa shape index (κ3) is 5.12. The number of thiazole rings is 1. The quantitative estimate of drug-likeness (QED) is 0.247. The summed E-state index contributed by atoms with van der Waals surface area (Å²) in [7, 11) is 0. The fraction of sp³-hybridized carbons (Fsp3) is 0.160. The molecule has 0 fully saturated rings. The van der Waals surface area contributed by atoms with Gasteiger partial charge in [-0.05, 0) is 60.9 Å². The van der Waals surface area contributed by atoms with Gasteiger partial charge in [0.2, 0.25) is 0 Å². The summed E-state index contributed by atoms with van der Waals surface area (Å²) in [5.74, 6) is 0.821. The Morgan fingerprint density at radius 1 is 1.00 bits per heavy atom. The summed E-state index contributed by atoms with van der Waals surface area (Å²) < 4.78 is 7.69. The molecule has 0 N–H and O–H groups in total. The van der Waals surface area contributed by atoms with Gasteiger partial charge in [-0.1, -0.05) is 30.3 Å². The van der Waals surface area contributed by atoms with Crippen molar-refractivity contribution >= 4 is 22.7 Å². The third-order valence-corrected chi connectivity index (χ3v) is 5.87. The number of hydrogen-bond donors (Lipinski definition) is 0. The van der Waals surface area contributed by atoms with E-state index in [1.165, 1.54) is 17.7 Å². The van der Waals surface area contributed by atoms with Crippen molar-refractivity contribution in [2.24, 2.45) is 4.99 Å². The van der Waals surface area contributed by atoms with Crippen molar-refractivity contribution in [1.82, 2.24) is 4.57 Å². The lowest BCUT2D eigenvalue weighted by molar-refractivity contribution is -0.384. The van der Waals surface area contributed by atoms with Crippen LogP contribution in [0.5, 0.6) is 5.75 Å². The Kier molecular flexibility index (Phi) is 6.77. The van der Waals surface area contributed by atoms with E-state index in [0.717, 1.165) is 40.5 Å². The number of nitrogens with zero attached hydrogens (tertiary/aromatic N) is 3. The van der Waals surface area contributed by atoms with Crippen molar-refractivity contribution in [3.8, 4) is 17.0 Å². The minimum Gasteiger partial charge on any atom is -0.494 e. The Morgan fingerprint density at radius 2 is 1.72 bits per heavy atom. The maximum absolute atomic E-state index is 11.0. The van der Waals surface area contributed by atoms with Crippen molar-refractivity contribution < 1.29 is 9.66 Å². The van der Waals surface area contributed by atoms with Crippen LogP contribution in [0.3, 0.4) is 0 Å². The van der Waals surface area contributed by atoms with Gasteiger partial charge in [0.15, 0.2) is 4.80 Å². The van der Waals surface area contributed by atoms with Crippen LogP contribution in [0.15, 0.2) is 89.2 Å². The summed E-state index contributed by atoms with van der Waals surface area (Å²) in [6, 6.07) is 24.7. The van der Waals surface area contributed by atoms with Crippen LogP contribution >= 0.6 is 11.3 Å². The van der Waals surface area contributed by atoms with Crippen molar-refractivity contribution in [3.63, 3.8) is 0 Å². The van der Waals surface area contributed by atoms with Crippen LogP contribution in [0.4, 0.5) is 11.4 Å². The molecule has 4 aromatic rings. The largest absolute Gasteiger partial charge is 0.494 e. The highest BCUT2D eigenvalue weighted by molar-refractivity contribution is 7.07. The number of hydrogen-bond acceptors (Lipinski definition) is 5. The molecule has 0 aliphatic carbocycles. The molecule has 0 amide bonds. The summed E-state index contributed by atoms with van der Waals surface area (Å²) in [4.78, 5) is 16.4. The minimum atomic E-state index is -0.381. The van der Waals surface area contributed by atoms with Gasteiger partial charge in [0.05, 0.1) is 22.9 Å². The lowest BCUT2D eigenvalue weighted by Crippen LogP contribution is -2.17. The zero-order chi connectivity index (χ0) is 22.3. The van der Waals surface area contributed by atoms with E-state index < -0.39 is 0 Å². The number of aryl methyl sites for hydroxylation is 1. The molecule has 162 valence electrons. The molecule has 0 radical (unpaired) electrons. The smallest absolute Gasteiger partial charge is 0.269 e. The van der Waals surface area contributed by atoms with E-state index in [-0.39, 0.29) is 10.6 Å².